The number of hydrogen-bond acceptors (Lipinski definition) is 7. The van der Waals surface area contributed by atoms with Crippen LogP contribution < -0.4 is 0 Å². The van der Waals surface area contributed by atoms with Crippen molar-refractivity contribution >= 4 is 5.78 Å². The van der Waals surface area contributed by atoms with Crippen molar-refractivity contribution in [2.45, 2.75) is 57.8 Å². The highest BCUT2D eigenvalue weighted by Gasteiger charge is 2.42. The zero-order valence-corrected chi connectivity index (χ0v) is 18.9. The largest absolute Gasteiger partial charge is 0.385 e. The summed E-state index contributed by atoms with van der Waals surface area (Å²) in [4.78, 5) is 27.3. The molecule has 0 radical (unpaired) electrons. The van der Waals surface area contributed by atoms with E-state index in [9.17, 15) is 14.9 Å². The normalized spacial score (nSPS) is 13.2. The van der Waals surface area contributed by atoms with E-state index in [4.69, 9.17) is 18.9 Å². The average Bonchev–Trinajstić information content (AvgIpc) is 3.14. The molecule has 9 heteroatoms. The number of hydrogen-bond donors (Lipinski definition) is 1. The summed E-state index contributed by atoms with van der Waals surface area (Å²) in [5.41, 5.74) is 0.946. The van der Waals surface area contributed by atoms with Crippen LogP contribution in [0.1, 0.15) is 50.3 Å². The number of ketones is 1. The van der Waals surface area contributed by atoms with Gasteiger partial charge in [-0.15, -0.1) is 0 Å². The van der Waals surface area contributed by atoms with Crippen molar-refractivity contribution in [1.29, 1.82) is 0 Å². The second kappa shape index (κ2) is 12.8. The van der Waals surface area contributed by atoms with Gasteiger partial charge in [0.05, 0.1) is 6.42 Å². The lowest BCUT2D eigenvalue weighted by atomic mass is 9.77. The summed E-state index contributed by atoms with van der Waals surface area (Å²) in [5, 5.41) is 12.0. The van der Waals surface area contributed by atoms with E-state index in [2.05, 4.69) is 4.98 Å². The highest BCUT2D eigenvalue weighted by molar-refractivity contribution is 5.82. The molecular formula is C21H36N2O7. The monoisotopic (exact) mass is 428 g/mol. The van der Waals surface area contributed by atoms with Crippen LogP contribution in [0.25, 0.3) is 0 Å². The standard InChI is InChI=1S/C21H36N2O7/c1-21(2,14-18(24)20(29-5)30-6)19(23(25)26)13-17-16(7-10-22-17)15(8-11-27-3)9-12-28-4/h7,10,15,19-20,22H,8-9,11-14H2,1-6H3. The number of carbonyl (C=O) groups excluding carboxylic acids is 1. The molecule has 1 N–H and O–H groups in total. The van der Waals surface area contributed by atoms with Gasteiger partial charge in [0.25, 0.3) is 0 Å². The first-order valence-electron chi connectivity index (χ1n) is 10.1. The number of Topliss-reactive ketones (excluding diaryl/α,β-unsaturated/α-hetero) is 1. The van der Waals surface area contributed by atoms with Gasteiger partial charge in [0.15, 0.2) is 5.78 Å². The quantitative estimate of drug-likeness (QED) is 0.245. The van der Waals surface area contributed by atoms with Gasteiger partial charge in [-0.2, -0.15) is 0 Å². The Balaban J connectivity index is 3.07. The second-order valence-corrected chi connectivity index (χ2v) is 8.11. The molecule has 30 heavy (non-hydrogen) atoms. The van der Waals surface area contributed by atoms with Crippen molar-refractivity contribution < 1.29 is 28.7 Å². The Bertz CT molecular complexity index is 648. The molecule has 0 aliphatic rings. The number of nitro groups is 1. The third-order valence-corrected chi connectivity index (χ3v) is 5.52. The number of ether oxygens (including phenoxy) is 4. The molecule has 0 aromatic carbocycles. The van der Waals surface area contributed by atoms with E-state index in [1.165, 1.54) is 14.2 Å². The molecule has 1 heterocycles. The number of aromatic amines is 1. The van der Waals surface area contributed by atoms with Crippen LogP contribution in [0.15, 0.2) is 12.3 Å². The fourth-order valence-corrected chi connectivity index (χ4v) is 3.79. The first-order chi connectivity index (χ1) is 14.2. The van der Waals surface area contributed by atoms with Crippen LogP contribution in [0.2, 0.25) is 0 Å². The Morgan fingerprint density at radius 1 is 1.13 bits per heavy atom. The Hall–Kier alpha value is -1.81. The zero-order valence-electron chi connectivity index (χ0n) is 18.9. The van der Waals surface area contributed by atoms with Crippen LogP contribution in [-0.2, 0) is 30.2 Å². The van der Waals surface area contributed by atoms with Gasteiger partial charge < -0.3 is 23.9 Å². The highest BCUT2D eigenvalue weighted by Crippen LogP contribution is 2.34. The highest BCUT2D eigenvalue weighted by atomic mass is 16.7. The van der Waals surface area contributed by atoms with Gasteiger partial charge in [-0.3, -0.25) is 14.9 Å². The maximum Gasteiger partial charge on any atom is 0.224 e. The fraction of sp³-hybridized carbons (Fsp3) is 0.762. The SMILES string of the molecule is COCCC(CCOC)c1cc[nH]c1CC([N+](=O)[O-])C(C)(C)CC(=O)C(OC)OC. The molecule has 1 aromatic rings. The maximum absolute atomic E-state index is 12.5. The Kier molecular flexibility index (Phi) is 11.2. The Morgan fingerprint density at radius 2 is 1.70 bits per heavy atom. The predicted molar refractivity (Wildman–Crippen MR) is 112 cm³/mol. The molecule has 1 unspecified atom stereocenters. The van der Waals surface area contributed by atoms with Crippen LogP contribution in [-0.4, -0.2) is 69.7 Å². The number of aromatic nitrogens is 1. The van der Waals surface area contributed by atoms with E-state index in [-0.39, 0.29) is 29.5 Å². The Labute approximate surface area is 178 Å². The van der Waals surface area contributed by atoms with Gasteiger partial charge in [0, 0.05) is 70.3 Å². The lowest BCUT2D eigenvalue weighted by Gasteiger charge is -2.29. The average molecular weight is 429 g/mol. The van der Waals surface area contributed by atoms with Gasteiger partial charge in [-0.25, -0.2) is 0 Å². The van der Waals surface area contributed by atoms with Gasteiger partial charge in [0.1, 0.15) is 0 Å². The van der Waals surface area contributed by atoms with Crippen molar-refractivity contribution in [3.05, 3.63) is 33.6 Å². The van der Waals surface area contributed by atoms with E-state index in [1.807, 2.05) is 6.07 Å². The summed E-state index contributed by atoms with van der Waals surface area (Å²) in [6.45, 7) is 4.65. The summed E-state index contributed by atoms with van der Waals surface area (Å²) in [6, 6.07) is 1.01. The molecule has 0 saturated carbocycles. The number of methoxy groups -OCH3 is 4. The smallest absolute Gasteiger partial charge is 0.224 e. The van der Waals surface area contributed by atoms with E-state index in [1.54, 1.807) is 34.3 Å². The number of H-pyrrole nitrogens is 1. The van der Waals surface area contributed by atoms with E-state index in [0.29, 0.717) is 13.2 Å². The maximum atomic E-state index is 12.5. The lowest BCUT2D eigenvalue weighted by molar-refractivity contribution is -0.540. The summed E-state index contributed by atoms with van der Waals surface area (Å²) in [5.74, 6) is -0.156. The summed E-state index contributed by atoms with van der Waals surface area (Å²) >= 11 is 0. The van der Waals surface area contributed by atoms with Gasteiger partial charge >= 0.3 is 0 Å². The van der Waals surface area contributed by atoms with Gasteiger partial charge in [-0.1, -0.05) is 13.8 Å². The molecule has 0 saturated heterocycles. The number of nitrogens with zero attached hydrogens (tertiary/aromatic N) is 1. The van der Waals surface area contributed by atoms with Crippen LogP contribution in [0.4, 0.5) is 0 Å². The van der Waals surface area contributed by atoms with Crippen molar-refractivity contribution in [1.82, 2.24) is 4.98 Å². The van der Waals surface area contributed by atoms with Crippen LogP contribution in [0, 0.1) is 15.5 Å². The lowest BCUT2D eigenvalue weighted by Crippen LogP contribution is -2.42. The van der Waals surface area contributed by atoms with E-state index < -0.39 is 17.7 Å². The van der Waals surface area contributed by atoms with Crippen LogP contribution in [0.3, 0.4) is 0 Å². The number of nitrogens with one attached hydrogen (secondary N) is 1. The van der Waals surface area contributed by atoms with Crippen molar-refractivity contribution in [2.24, 2.45) is 5.41 Å². The Morgan fingerprint density at radius 3 is 2.17 bits per heavy atom. The van der Waals surface area contributed by atoms with Crippen molar-refractivity contribution in [2.75, 3.05) is 41.7 Å². The van der Waals surface area contributed by atoms with Crippen LogP contribution in [0.5, 0.6) is 0 Å². The first kappa shape index (κ1) is 26.2. The topological polar surface area (TPSA) is 113 Å². The molecule has 9 nitrogen and oxygen atoms in total. The molecule has 0 aliphatic heterocycles. The third-order valence-electron chi connectivity index (χ3n) is 5.52. The molecule has 1 aromatic heterocycles. The minimum Gasteiger partial charge on any atom is -0.385 e. The number of rotatable bonds is 16. The van der Waals surface area contributed by atoms with Gasteiger partial charge in [-0.05, 0) is 30.4 Å². The molecular weight excluding hydrogens is 392 g/mol. The van der Waals surface area contributed by atoms with Crippen LogP contribution >= 0.6 is 0 Å². The first-order valence-corrected chi connectivity index (χ1v) is 10.1. The zero-order chi connectivity index (χ0) is 22.7. The van der Waals surface area contributed by atoms with Gasteiger partial charge in [0.2, 0.25) is 12.3 Å². The summed E-state index contributed by atoms with van der Waals surface area (Å²) < 4.78 is 20.5. The van der Waals surface area contributed by atoms with E-state index in [0.717, 1.165) is 24.1 Å². The predicted octanol–water partition coefficient (Wildman–Crippen LogP) is 2.96. The molecule has 1 rings (SSSR count). The molecule has 0 aliphatic carbocycles. The minimum absolute atomic E-state index is 0.0299. The minimum atomic E-state index is -1.02. The van der Waals surface area contributed by atoms with E-state index >= 15 is 0 Å². The number of carbonyl (C=O) groups is 1. The molecule has 0 spiro atoms. The molecule has 1 atom stereocenters. The van der Waals surface area contributed by atoms with Crippen molar-refractivity contribution in [3.8, 4) is 0 Å². The molecule has 0 amide bonds. The molecule has 172 valence electrons. The molecule has 0 bridgehead atoms. The fourth-order valence-electron chi connectivity index (χ4n) is 3.79. The third kappa shape index (κ3) is 7.46. The second-order valence-electron chi connectivity index (χ2n) is 8.11. The van der Waals surface area contributed by atoms with Crippen molar-refractivity contribution in [3.63, 3.8) is 0 Å². The summed E-state index contributed by atoms with van der Waals surface area (Å²) in [6.07, 6.45) is 2.52. The summed E-state index contributed by atoms with van der Waals surface area (Å²) in [7, 11) is 6.05. The molecule has 0 fully saturated rings.